The van der Waals surface area contributed by atoms with Crippen LogP contribution >= 0.6 is 0 Å². The normalized spacial score (nSPS) is 10.4. The summed E-state index contributed by atoms with van der Waals surface area (Å²) < 4.78 is 5.44. The molecule has 1 amide bonds. The van der Waals surface area contributed by atoms with Gasteiger partial charge in [0.2, 0.25) is 0 Å². The molecule has 0 saturated heterocycles. The molecule has 0 spiro atoms. The Balaban J connectivity index is 2.04. The number of hydrogen-bond acceptors (Lipinski definition) is 3. The van der Waals surface area contributed by atoms with Crippen molar-refractivity contribution < 1.29 is 9.21 Å². The van der Waals surface area contributed by atoms with Crippen molar-refractivity contribution in [3.8, 4) is 0 Å². The lowest BCUT2D eigenvalue weighted by Crippen LogP contribution is -2.21. The third-order valence-electron chi connectivity index (χ3n) is 3.49. The third-order valence-corrected chi connectivity index (χ3v) is 3.49. The van der Waals surface area contributed by atoms with Gasteiger partial charge in [-0.1, -0.05) is 6.92 Å². The number of carbonyl (C=O) groups is 1. The molecule has 4 nitrogen and oxygen atoms in total. The fourth-order valence-corrected chi connectivity index (χ4v) is 2.23. The lowest BCUT2D eigenvalue weighted by molar-refractivity contribution is 0.0995. The Hall–Kier alpha value is -2.23. The zero-order valence-corrected chi connectivity index (χ0v) is 12.8. The summed E-state index contributed by atoms with van der Waals surface area (Å²) in [5.41, 5.74) is 1.93. The number of nitrogens with zero attached hydrogens (tertiary/aromatic N) is 1. The Morgan fingerprint density at radius 3 is 2.24 bits per heavy atom. The first-order chi connectivity index (χ1) is 10.2. The van der Waals surface area contributed by atoms with E-state index in [1.807, 2.05) is 37.3 Å². The fraction of sp³-hybridized carbons (Fsp3) is 0.353. The van der Waals surface area contributed by atoms with Crippen LogP contribution in [0, 0.1) is 0 Å². The molecule has 0 aliphatic rings. The fourth-order valence-electron chi connectivity index (χ4n) is 2.23. The second kappa shape index (κ2) is 6.97. The maximum atomic E-state index is 12.1. The van der Waals surface area contributed by atoms with Crippen LogP contribution in [0.2, 0.25) is 0 Å². The molecular formula is C17H22N2O2. The van der Waals surface area contributed by atoms with Crippen LogP contribution in [0.25, 0.3) is 0 Å². The van der Waals surface area contributed by atoms with Gasteiger partial charge in [-0.3, -0.25) is 4.79 Å². The van der Waals surface area contributed by atoms with E-state index in [1.54, 1.807) is 6.07 Å². The number of hydrogen-bond donors (Lipinski definition) is 1. The molecule has 0 unspecified atom stereocenters. The van der Waals surface area contributed by atoms with Crippen LogP contribution in [0.15, 0.2) is 40.8 Å². The Morgan fingerprint density at radius 1 is 1.05 bits per heavy atom. The summed E-state index contributed by atoms with van der Waals surface area (Å²) in [5, 5.41) is 2.85. The molecule has 2 aromatic rings. The summed E-state index contributed by atoms with van der Waals surface area (Å²) >= 11 is 0. The molecule has 0 atom stereocenters. The van der Waals surface area contributed by atoms with E-state index in [9.17, 15) is 4.79 Å². The van der Waals surface area contributed by atoms with Gasteiger partial charge in [-0.05, 0) is 50.2 Å². The van der Waals surface area contributed by atoms with Crippen LogP contribution in [-0.4, -0.2) is 19.0 Å². The number of furan rings is 1. The number of amides is 1. The van der Waals surface area contributed by atoms with Gasteiger partial charge >= 0.3 is 0 Å². The van der Waals surface area contributed by atoms with E-state index in [2.05, 4.69) is 24.1 Å². The van der Waals surface area contributed by atoms with Crippen LogP contribution in [0.1, 0.15) is 37.1 Å². The van der Waals surface area contributed by atoms with E-state index in [0.29, 0.717) is 5.76 Å². The Bertz CT molecular complexity index is 583. The first kappa shape index (κ1) is 15.2. The molecule has 0 aliphatic carbocycles. The second-order valence-corrected chi connectivity index (χ2v) is 4.79. The molecule has 0 saturated carbocycles. The highest BCUT2D eigenvalue weighted by Crippen LogP contribution is 2.18. The zero-order valence-electron chi connectivity index (χ0n) is 12.8. The SMILES string of the molecule is CCc1ccc(C(=O)Nc2ccc(N(CC)CC)cc2)o1. The van der Waals surface area contributed by atoms with Gasteiger partial charge in [-0.25, -0.2) is 0 Å². The minimum atomic E-state index is -0.217. The summed E-state index contributed by atoms with van der Waals surface area (Å²) in [4.78, 5) is 14.3. The highest BCUT2D eigenvalue weighted by atomic mass is 16.3. The maximum Gasteiger partial charge on any atom is 0.291 e. The van der Waals surface area contributed by atoms with E-state index in [4.69, 9.17) is 4.42 Å². The molecule has 0 aliphatic heterocycles. The minimum Gasteiger partial charge on any atom is -0.456 e. The molecule has 1 heterocycles. The van der Waals surface area contributed by atoms with Crippen LogP contribution in [-0.2, 0) is 6.42 Å². The number of anilines is 2. The highest BCUT2D eigenvalue weighted by molar-refractivity contribution is 6.02. The van der Waals surface area contributed by atoms with Crippen molar-refractivity contribution >= 4 is 17.3 Å². The molecule has 112 valence electrons. The van der Waals surface area contributed by atoms with E-state index in [0.717, 1.165) is 36.6 Å². The topological polar surface area (TPSA) is 45.5 Å². The van der Waals surface area contributed by atoms with Gasteiger partial charge in [0.05, 0.1) is 0 Å². The van der Waals surface area contributed by atoms with Crippen molar-refractivity contribution in [2.24, 2.45) is 0 Å². The Kier molecular flexibility index (Phi) is 5.04. The number of benzene rings is 1. The molecule has 0 bridgehead atoms. The molecule has 1 aromatic heterocycles. The van der Waals surface area contributed by atoms with Crippen molar-refractivity contribution in [3.05, 3.63) is 47.9 Å². The lowest BCUT2D eigenvalue weighted by atomic mass is 10.2. The molecule has 4 heteroatoms. The largest absolute Gasteiger partial charge is 0.456 e. The van der Waals surface area contributed by atoms with E-state index >= 15 is 0 Å². The molecule has 0 radical (unpaired) electrons. The number of nitrogens with one attached hydrogen (secondary N) is 1. The van der Waals surface area contributed by atoms with Crippen LogP contribution in [0.5, 0.6) is 0 Å². The monoisotopic (exact) mass is 286 g/mol. The molecular weight excluding hydrogens is 264 g/mol. The zero-order chi connectivity index (χ0) is 15.2. The van der Waals surface area contributed by atoms with Crippen molar-refractivity contribution in [1.29, 1.82) is 0 Å². The van der Waals surface area contributed by atoms with Crippen molar-refractivity contribution in [2.45, 2.75) is 27.2 Å². The van der Waals surface area contributed by atoms with E-state index in [-0.39, 0.29) is 5.91 Å². The second-order valence-electron chi connectivity index (χ2n) is 4.79. The summed E-state index contributed by atoms with van der Waals surface area (Å²) in [6.07, 6.45) is 0.784. The molecule has 0 fully saturated rings. The summed E-state index contributed by atoms with van der Waals surface area (Å²) in [6, 6.07) is 11.4. The molecule has 2 rings (SSSR count). The van der Waals surface area contributed by atoms with E-state index < -0.39 is 0 Å². The average Bonchev–Trinajstić information content (AvgIpc) is 2.99. The van der Waals surface area contributed by atoms with Gasteiger partial charge in [0.1, 0.15) is 5.76 Å². The Labute approximate surface area is 125 Å². The Morgan fingerprint density at radius 2 is 1.71 bits per heavy atom. The van der Waals surface area contributed by atoms with Crippen molar-refractivity contribution in [3.63, 3.8) is 0 Å². The van der Waals surface area contributed by atoms with Gasteiger partial charge < -0.3 is 14.6 Å². The van der Waals surface area contributed by atoms with E-state index in [1.165, 1.54) is 0 Å². The van der Waals surface area contributed by atoms with Crippen molar-refractivity contribution in [1.82, 2.24) is 0 Å². The predicted molar refractivity (Wildman–Crippen MR) is 86.0 cm³/mol. The molecule has 1 N–H and O–H groups in total. The van der Waals surface area contributed by atoms with Gasteiger partial charge in [-0.15, -0.1) is 0 Å². The molecule has 1 aromatic carbocycles. The molecule has 21 heavy (non-hydrogen) atoms. The summed E-state index contributed by atoms with van der Waals surface area (Å²) in [5.74, 6) is 0.946. The summed E-state index contributed by atoms with van der Waals surface area (Å²) in [7, 11) is 0. The van der Waals surface area contributed by atoms with Gasteiger partial charge in [0.15, 0.2) is 5.76 Å². The number of aryl methyl sites for hydroxylation is 1. The standard InChI is InChI=1S/C17H22N2O2/c1-4-15-11-12-16(21-15)17(20)18-13-7-9-14(10-8-13)19(5-2)6-3/h7-12H,4-6H2,1-3H3,(H,18,20). The van der Waals surface area contributed by atoms with Gasteiger partial charge in [0, 0.05) is 30.9 Å². The van der Waals surface area contributed by atoms with Crippen LogP contribution < -0.4 is 10.2 Å². The van der Waals surface area contributed by atoms with Crippen molar-refractivity contribution in [2.75, 3.05) is 23.3 Å². The maximum absolute atomic E-state index is 12.1. The first-order valence-corrected chi connectivity index (χ1v) is 7.43. The van der Waals surface area contributed by atoms with Crippen LogP contribution in [0.3, 0.4) is 0 Å². The van der Waals surface area contributed by atoms with Gasteiger partial charge in [-0.2, -0.15) is 0 Å². The third kappa shape index (κ3) is 3.66. The summed E-state index contributed by atoms with van der Waals surface area (Å²) in [6.45, 7) is 8.18. The lowest BCUT2D eigenvalue weighted by Gasteiger charge is -2.21. The van der Waals surface area contributed by atoms with Crippen LogP contribution in [0.4, 0.5) is 11.4 Å². The minimum absolute atomic E-state index is 0.217. The highest BCUT2D eigenvalue weighted by Gasteiger charge is 2.11. The number of rotatable bonds is 6. The smallest absolute Gasteiger partial charge is 0.291 e. The number of carbonyl (C=O) groups excluding carboxylic acids is 1. The quantitative estimate of drug-likeness (QED) is 0.874. The van der Waals surface area contributed by atoms with Gasteiger partial charge in [0.25, 0.3) is 5.91 Å². The predicted octanol–water partition coefficient (Wildman–Crippen LogP) is 3.94. The first-order valence-electron chi connectivity index (χ1n) is 7.43. The average molecular weight is 286 g/mol.